The van der Waals surface area contributed by atoms with Crippen molar-refractivity contribution in [2.45, 2.75) is 60.5 Å². The number of ether oxygens (including phenoxy) is 1. The van der Waals surface area contributed by atoms with Crippen LogP contribution in [0.25, 0.3) is 11.1 Å². The zero-order chi connectivity index (χ0) is 20.6. The van der Waals surface area contributed by atoms with E-state index in [0.29, 0.717) is 17.0 Å². The molecule has 2 aromatic rings. The zero-order valence-electron chi connectivity index (χ0n) is 17.8. The first-order valence-corrected chi connectivity index (χ1v) is 9.42. The van der Waals surface area contributed by atoms with E-state index in [0.717, 1.165) is 17.5 Å². The van der Waals surface area contributed by atoms with Gasteiger partial charge in [-0.25, -0.2) is 9.37 Å². The number of nitrogens with zero attached hydrogens (tertiary/aromatic N) is 1. The monoisotopic (exact) mass is 373 g/mol. The van der Waals surface area contributed by atoms with Gasteiger partial charge in [-0.3, -0.25) is 0 Å². The molecule has 0 fully saturated rings. The van der Waals surface area contributed by atoms with Crippen molar-refractivity contribution in [1.29, 1.82) is 0 Å². The number of aromatic nitrogens is 1. The summed E-state index contributed by atoms with van der Waals surface area (Å²) in [5.41, 5.74) is 0.740. The number of benzene rings is 1. The van der Waals surface area contributed by atoms with Gasteiger partial charge in [-0.2, -0.15) is 0 Å². The fourth-order valence-corrected chi connectivity index (χ4v) is 4.02. The van der Waals surface area contributed by atoms with Crippen LogP contribution in [0.1, 0.15) is 59.6 Å². The van der Waals surface area contributed by atoms with E-state index in [1.54, 1.807) is 6.07 Å². The molecule has 0 aliphatic heterocycles. The second kappa shape index (κ2) is 7.23. The molecule has 0 aliphatic rings. The van der Waals surface area contributed by atoms with Crippen molar-refractivity contribution in [1.82, 2.24) is 4.98 Å². The maximum atomic E-state index is 14.7. The van der Waals surface area contributed by atoms with Crippen LogP contribution in [0.15, 0.2) is 30.5 Å². The molecule has 0 saturated carbocycles. The lowest BCUT2D eigenvalue weighted by Crippen LogP contribution is -2.50. The van der Waals surface area contributed by atoms with Crippen LogP contribution in [0.2, 0.25) is 0 Å². The third kappa shape index (κ3) is 3.73. The normalized spacial score (nSPS) is 13.0. The molecule has 0 radical (unpaired) electrons. The van der Waals surface area contributed by atoms with Crippen LogP contribution in [0.3, 0.4) is 0 Å². The van der Waals surface area contributed by atoms with E-state index in [1.807, 2.05) is 59.7 Å². The van der Waals surface area contributed by atoms with Gasteiger partial charge in [0.15, 0.2) is 0 Å². The molecule has 1 heterocycles. The van der Waals surface area contributed by atoms with Crippen LogP contribution in [-0.4, -0.2) is 17.2 Å². The van der Waals surface area contributed by atoms with Gasteiger partial charge >= 0.3 is 0 Å². The van der Waals surface area contributed by atoms with Crippen LogP contribution in [0, 0.1) is 16.6 Å². The fourth-order valence-electron chi connectivity index (χ4n) is 4.02. The van der Waals surface area contributed by atoms with Crippen molar-refractivity contribution in [3.05, 3.63) is 47.4 Å². The number of methoxy groups -OCH3 is 1. The van der Waals surface area contributed by atoms with Crippen LogP contribution < -0.4 is 4.74 Å². The van der Waals surface area contributed by atoms with E-state index in [2.05, 4.69) is 11.9 Å². The maximum Gasteiger partial charge on any atom is 0.213 e. The first kappa shape index (κ1) is 21.4. The average molecular weight is 374 g/mol. The molecule has 2 rings (SSSR count). The Balaban J connectivity index is 2.91. The Morgan fingerprint density at radius 2 is 1.59 bits per heavy atom. The predicted molar refractivity (Wildman–Crippen MR) is 108 cm³/mol. The molecular weight excluding hydrogens is 341 g/mol. The van der Waals surface area contributed by atoms with E-state index < -0.39 is 22.2 Å². The van der Waals surface area contributed by atoms with Crippen LogP contribution >= 0.6 is 0 Å². The lowest BCUT2D eigenvalue weighted by Gasteiger charge is -2.51. The first-order chi connectivity index (χ1) is 12.4. The topological polar surface area (TPSA) is 42.4 Å². The minimum Gasteiger partial charge on any atom is -0.481 e. The average Bonchev–Trinajstić information content (AvgIpc) is 2.59. The molecule has 0 saturated heterocycles. The van der Waals surface area contributed by atoms with Gasteiger partial charge in [-0.1, -0.05) is 66.7 Å². The highest BCUT2D eigenvalue weighted by atomic mass is 19.1. The molecule has 0 spiro atoms. The van der Waals surface area contributed by atoms with Crippen molar-refractivity contribution in [3.63, 3.8) is 0 Å². The Morgan fingerprint density at radius 1 is 1.00 bits per heavy atom. The van der Waals surface area contributed by atoms with Crippen molar-refractivity contribution in [3.8, 4) is 17.0 Å². The standard InChI is InChI=1S/C23H32FNO2/c1-9-15-10-11-16(17-13-20(27-8)25-14-19(17)24)18(12-15)23(26,21(2,3)4)22(5,6)7/h10-14,26H,9H2,1-8H3. The molecule has 1 aromatic heterocycles. The van der Waals surface area contributed by atoms with Crippen molar-refractivity contribution < 1.29 is 14.2 Å². The van der Waals surface area contributed by atoms with Gasteiger partial charge in [0.1, 0.15) is 5.82 Å². The largest absolute Gasteiger partial charge is 0.481 e. The molecule has 0 aliphatic carbocycles. The molecule has 0 bridgehead atoms. The Bertz CT molecular complexity index is 802. The molecule has 1 N–H and O–H groups in total. The summed E-state index contributed by atoms with van der Waals surface area (Å²) >= 11 is 0. The molecule has 0 unspecified atom stereocenters. The van der Waals surface area contributed by atoms with Gasteiger partial charge in [-0.15, -0.1) is 0 Å². The fraction of sp³-hybridized carbons (Fsp3) is 0.522. The van der Waals surface area contributed by atoms with Crippen LogP contribution in [0.4, 0.5) is 4.39 Å². The molecular formula is C23H32FNO2. The van der Waals surface area contributed by atoms with Crippen LogP contribution in [0.5, 0.6) is 5.88 Å². The number of aryl methyl sites for hydroxylation is 1. The summed E-state index contributed by atoms with van der Waals surface area (Å²) in [4.78, 5) is 3.95. The Labute approximate surface area is 162 Å². The van der Waals surface area contributed by atoms with Gasteiger partial charge in [0, 0.05) is 11.6 Å². The Hall–Kier alpha value is -1.94. The van der Waals surface area contributed by atoms with Gasteiger partial charge in [-0.05, 0) is 33.9 Å². The minimum absolute atomic E-state index is 0.340. The van der Waals surface area contributed by atoms with Crippen molar-refractivity contribution in [2.24, 2.45) is 10.8 Å². The van der Waals surface area contributed by atoms with Crippen molar-refractivity contribution >= 4 is 0 Å². The second-order valence-corrected chi connectivity index (χ2v) is 9.15. The summed E-state index contributed by atoms with van der Waals surface area (Å²) in [6.07, 6.45) is 2.00. The summed E-state index contributed by atoms with van der Waals surface area (Å²) in [5.74, 6) is -0.0987. The Morgan fingerprint density at radius 3 is 2.07 bits per heavy atom. The van der Waals surface area contributed by atoms with E-state index in [1.165, 1.54) is 13.3 Å². The van der Waals surface area contributed by atoms with Crippen LogP contribution in [-0.2, 0) is 12.0 Å². The predicted octanol–water partition coefficient (Wildman–Crippen LogP) is 5.74. The number of pyridine rings is 1. The smallest absolute Gasteiger partial charge is 0.213 e. The summed E-state index contributed by atoms with van der Waals surface area (Å²) in [7, 11) is 1.51. The van der Waals surface area contributed by atoms with Gasteiger partial charge in [0.05, 0.1) is 18.9 Å². The third-order valence-corrected chi connectivity index (χ3v) is 5.38. The van der Waals surface area contributed by atoms with E-state index in [9.17, 15) is 9.50 Å². The number of halogens is 1. The third-order valence-electron chi connectivity index (χ3n) is 5.38. The second-order valence-electron chi connectivity index (χ2n) is 9.15. The summed E-state index contributed by atoms with van der Waals surface area (Å²) in [6, 6.07) is 7.48. The van der Waals surface area contributed by atoms with Crippen molar-refractivity contribution in [2.75, 3.05) is 7.11 Å². The summed E-state index contributed by atoms with van der Waals surface area (Å²) < 4.78 is 19.9. The highest BCUT2D eigenvalue weighted by Gasteiger charge is 2.51. The van der Waals surface area contributed by atoms with E-state index in [4.69, 9.17) is 4.74 Å². The van der Waals surface area contributed by atoms with E-state index in [-0.39, 0.29) is 0 Å². The van der Waals surface area contributed by atoms with Gasteiger partial charge in [0.2, 0.25) is 5.88 Å². The number of aliphatic hydroxyl groups is 1. The molecule has 0 amide bonds. The van der Waals surface area contributed by atoms with Gasteiger partial charge in [0.25, 0.3) is 0 Å². The lowest BCUT2D eigenvalue weighted by molar-refractivity contribution is -0.144. The van der Waals surface area contributed by atoms with Gasteiger partial charge < -0.3 is 9.84 Å². The molecule has 27 heavy (non-hydrogen) atoms. The molecule has 1 aromatic carbocycles. The highest BCUT2D eigenvalue weighted by molar-refractivity contribution is 5.71. The zero-order valence-corrected chi connectivity index (χ0v) is 17.8. The highest BCUT2D eigenvalue weighted by Crippen LogP contribution is 2.53. The Kier molecular flexibility index (Phi) is 5.72. The maximum absolute atomic E-state index is 14.7. The first-order valence-electron chi connectivity index (χ1n) is 9.42. The molecule has 4 heteroatoms. The van der Waals surface area contributed by atoms with E-state index >= 15 is 0 Å². The lowest BCUT2D eigenvalue weighted by atomic mass is 9.58. The quantitative estimate of drug-likeness (QED) is 0.743. The number of rotatable bonds is 4. The number of hydrogen-bond acceptors (Lipinski definition) is 3. The SMILES string of the molecule is CCc1ccc(-c2cc(OC)ncc2F)c(C(O)(C(C)(C)C)C(C)(C)C)c1. The molecule has 3 nitrogen and oxygen atoms in total. The summed E-state index contributed by atoms with van der Waals surface area (Å²) in [5, 5.41) is 12.1. The molecule has 148 valence electrons. The number of hydrogen-bond donors (Lipinski definition) is 1. The minimum atomic E-state index is -1.19. The summed E-state index contributed by atoms with van der Waals surface area (Å²) in [6.45, 7) is 14.2. The molecule has 0 atom stereocenters.